The van der Waals surface area contributed by atoms with Gasteiger partial charge in [0.05, 0.1) is 21.4 Å². The number of nitrogens with two attached hydrogens (primary N) is 1. The molecule has 0 saturated heterocycles. The van der Waals surface area contributed by atoms with Crippen molar-refractivity contribution >= 4 is 27.5 Å². The zero-order chi connectivity index (χ0) is 14.0. The van der Waals surface area contributed by atoms with E-state index in [4.69, 9.17) is 22.1 Å². The van der Waals surface area contributed by atoms with Crippen molar-refractivity contribution in [3.63, 3.8) is 0 Å². The van der Waals surface area contributed by atoms with Gasteiger partial charge < -0.3 is 10.5 Å². The SMILES string of the molecule is CC(N)c1ccc(Oc2cc(F)c(Cl)cc2Br)cn1. The maximum Gasteiger partial charge on any atom is 0.145 e. The van der Waals surface area contributed by atoms with E-state index in [9.17, 15) is 4.39 Å². The van der Waals surface area contributed by atoms with E-state index in [1.807, 2.05) is 6.92 Å². The van der Waals surface area contributed by atoms with Gasteiger partial charge >= 0.3 is 0 Å². The fourth-order valence-corrected chi connectivity index (χ4v) is 2.15. The monoisotopic (exact) mass is 344 g/mol. The lowest BCUT2D eigenvalue weighted by atomic mass is 10.2. The van der Waals surface area contributed by atoms with Crippen LogP contribution in [0.25, 0.3) is 0 Å². The van der Waals surface area contributed by atoms with Gasteiger partial charge in [0, 0.05) is 12.1 Å². The van der Waals surface area contributed by atoms with Gasteiger partial charge in [-0.1, -0.05) is 11.6 Å². The lowest BCUT2D eigenvalue weighted by Gasteiger charge is -2.10. The van der Waals surface area contributed by atoms with Crippen molar-refractivity contribution in [2.24, 2.45) is 5.73 Å². The van der Waals surface area contributed by atoms with E-state index in [0.29, 0.717) is 16.0 Å². The van der Waals surface area contributed by atoms with Crippen LogP contribution in [-0.2, 0) is 0 Å². The maximum atomic E-state index is 13.4. The number of aromatic nitrogens is 1. The molecule has 0 radical (unpaired) electrons. The van der Waals surface area contributed by atoms with Gasteiger partial charge in [-0.25, -0.2) is 4.39 Å². The van der Waals surface area contributed by atoms with E-state index in [0.717, 1.165) is 5.69 Å². The predicted molar refractivity (Wildman–Crippen MR) is 76.0 cm³/mol. The van der Waals surface area contributed by atoms with Gasteiger partial charge in [0.25, 0.3) is 0 Å². The van der Waals surface area contributed by atoms with Crippen LogP contribution in [0.1, 0.15) is 18.7 Å². The second-order valence-corrected chi connectivity index (χ2v) is 5.27. The lowest BCUT2D eigenvalue weighted by Crippen LogP contribution is -2.06. The summed E-state index contributed by atoms with van der Waals surface area (Å²) in [5.41, 5.74) is 6.46. The van der Waals surface area contributed by atoms with Crippen LogP contribution in [0.3, 0.4) is 0 Å². The number of nitrogens with zero attached hydrogens (tertiary/aromatic N) is 1. The molecule has 3 nitrogen and oxygen atoms in total. The molecule has 0 fully saturated rings. The summed E-state index contributed by atoms with van der Waals surface area (Å²) < 4.78 is 19.5. The number of pyridine rings is 1. The Morgan fingerprint density at radius 3 is 2.74 bits per heavy atom. The summed E-state index contributed by atoms with van der Waals surface area (Å²) in [5, 5.41) is 0.0321. The van der Waals surface area contributed by atoms with Gasteiger partial charge in [-0.15, -0.1) is 0 Å². The van der Waals surface area contributed by atoms with Crippen LogP contribution in [0, 0.1) is 5.82 Å². The highest BCUT2D eigenvalue weighted by Gasteiger charge is 2.09. The second kappa shape index (κ2) is 5.86. The van der Waals surface area contributed by atoms with Gasteiger partial charge in [0.1, 0.15) is 17.3 Å². The Balaban J connectivity index is 2.24. The zero-order valence-corrected chi connectivity index (χ0v) is 12.4. The van der Waals surface area contributed by atoms with E-state index in [2.05, 4.69) is 20.9 Å². The van der Waals surface area contributed by atoms with Gasteiger partial charge in [-0.3, -0.25) is 4.98 Å². The quantitative estimate of drug-likeness (QED) is 0.836. The molecule has 0 spiro atoms. The van der Waals surface area contributed by atoms with Crippen molar-refractivity contribution in [2.45, 2.75) is 13.0 Å². The Morgan fingerprint density at radius 1 is 1.42 bits per heavy atom. The van der Waals surface area contributed by atoms with Crippen LogP contribution in [0.2, 0.25) is 5.02 Å². The Morgan fingerprint density at radius 2 is 2.16 bits per heavy atom. The fourth-order valence-electron chi connectivity index (χ4n) is 1.43. The molecule has 1 aromatic carbocycles. The highest BCUT2D eigenvalue weighted by molar-refractivity contribution is 9.10. The third kappa shape index (κ3) is 3.43. The van der Waals surface area contributed by atoms with Crippen LogP contribution >= 0.6 is 27.5 Å². The van der Waals surface area contributed by atoms with E-state index >= 15 is 0 Å². The zero-order valence-electron chi connectivity index (χ0n) is 10.0. The molecule has 1 atom stereocenters. The normalized spacial score (nSPS) is 12.3. The molecule has 0 amide bonds. The molecule has 1 heterocycles. The molecule has 19 heavy (non-hydrogen) atoms. The Labute approximate surface area is 123 Å². The first-order valence-electron chi connectivity index (χ1n) is 5.51. The van der Waals surface area contributed by atoms with E-state index < -0.39 is 5.82 Å². The number of ether oxygens (including phenoxy) is 1. The molecule has 100 valence electrons. The van der Waals surface area contributed by atoms with E-state index in [1.165, 1.54) is 18.3 Å². The molecular weight excluding hydrogens is 335 g/mol. The first kappa shape index (κ1) is 14.2. The van der Waals surface area contributed by atoms with Crippen molar-refractivity contribution in [1.82, 2.24) is 4.98 Å². The standard InChI is InChI=1S/C13H11BrClFN2O/c1-7(17)12-3-2-8(6-18-12)19-13-5-11(16)10(15)4-9(13)14/h2-7H,17H2,1H3. The Hall–Kier alpha value is -1.17. The van der Waals surface area contributed by atoms with Gasteiger partial charge in [0.2, 0.25) is 0 Å². The summed E-state index contributed by atoms with van der Waals surface area (Å²) in [6, 6.07) is 6.00. The first-order valence-corrected chi connectivity index (χ1v) is 6.68. The van der Waals surface area contributed by atoms with Crippen molar-refractivity contribution in [3.8, 4) is 11.5 Å². The molecule has 1 aromatic heterocycles. The van der Waals surface area contributed by atoms with Crippen LogP contribution in [0.15, 0.2) is 34.9 Å². The molecule has 2 aromatic rings. The Bertz CT molecular complexity index is 590. The molecule has 6 heteroatoms. The van der Waals surface area contributed by atoms with Gasteiger partial charge in [-0.05, 0) is 41.1 Å². The molecule has 1 unspecified atom stereocenters. The molecule has 0 saturated carbocycles. The number of rotatable bonds is 3. The summed E-state index contributed by atoms with van der Waals surface area (Å²) in [4.78, 5) is 4.16. The second-order valence-electron chi connectivity index (χ2n) is 4.01. The molecule has 0 bridgehead atoms. The van der Waals surface area contributed by atoms with Crippen molar-refractivity contribution in [1.29, 1.82) is 0 Å². The highest BCUT2D eigenvalue weighted by atomic mass is 79.9. The molecule has 2 rings (SSSR count). The number of halogens is 3. The fraction of sp³-hybridized carbons (Fsp3) is 0.154. The van der Waals surface area contributed by atoms with E-state index in [-0.39, 0.29) is 11.1 Å². The summed E-state index contributed by atoms with van der Waals surface area (Å²) in [5.74, 6) is 0.282. The lowest BCUT2D eigenvalue weighted by molar-refractivity contribution is 0.470. The third-order valence-corrected chi connectivity index (χ3v) is 3.34. The topological polar surface area (TPSA) is 48.1 Å². The minimum Gasteiger partial charge on any atom is -0.454 e. The van der Waals surface area contributed by atoms with Gasteiger partial charge in [-0.2, -0.15) is 0 Å². The first-order chi connectivity index (χ1) is 8.97. The van der Waals surface area contributed by atoms with Crippen LogP contribution in [-0.4, -0.2) is 4.98 Å². The number of hydrogen-bond donors (Lipinski definition) is 1. The van der Waals surface area contributed by atoms with E-state index in [1.54, 1.807) is 12.1 Å². The summed E-state index contributed by atoms with van der Waals surface area (Å²) in [6.07, 6.45) is 1.54. The third-order valence-electron chi connectivity index (χ3n) is 2.43. The predicted octanol–water partition coefficient (Wildman–Crippen LogP) is 4.45. The van der Waals surface area contributed by atoms with Crippen molar-refractivity contribution in [2.75, 3.05) is 0 Å². The summed E-state index contributed by atoms with van der Waals surface area (Å²) in [6.45, 7) is 1.84. The van der Waals surface area contributed by atoms with Crippen LogP contribution < -0.4 is 10.5 Å². The molecule has 0 aliphatic rings. The smallest absolute Gasteiger partial charge is 0.145 e. The molecular formula is C13H11BrClFN2O. The number of hydrogen-bond acceptors (Lipinski definition) is 3. The van der Waals surface area contributed by atoms with Gasteiger partial charge in [0.15, 0.2) is 0 Å². The summed E-state index contributed by atoms with van der Waals surface area (Å²) >= 11 is 8.92. The Kier molecular flexibility index (Phi) is 4.39. The average Bonchev–Trinajstić information content (AvgIpc) is 2.36. The minimum atomic E-state index is -0.542. The molecule has 0 aliphatic carbocycles. The highest BCUT2D eigenvalue weighted by Crippen LogP contribution is 2.33. The average molecular weight is 346 g/mol. The molecule has 0 aliphatic heterocycles. The summed E-state index contributed by atoms with van der Waals surface area (Å²) in [7, 11) is 0. The minimum absolute atomic E-state index is 0.0321. The van der Waals surface area contributed by atoms with Crippen LogP contribution in [0.4, 0.5) is 4.39 Å². The number of benzene rings is 1. The van der Waals surface area contributed by atoms with Crippen molar-refractivity contribution < 1.29 is 9.13 Å². The molecule has 2 N–H and O–H groups in total. The van der Waals surface area contributed by atoms with Crippen molar-refractivity contribution in [3.05, 3.63) is 51.5 Å². The van der Waals surface area contributed by atoms with Crippen LogP contribution in [0.5, 0.6) is 11.5 Å². The largest absolute Gasteiger partial charge is 0.454 e. The maximum absolute atomic E-state index is 13.4.